The van der Waals surface area contributed by atoms with Crippen LogP contribution in [0, 0.1) is 10.4 Å². The quantitative estimate of drug-likeness (QED) is 0.0690. The number of oxime groups is 2. The monoisotopic (exact) mass is 813 g/mol. The van der Waals surface area contributed by atoms with Gasteiger partial charge in [0.2, 0.25) is 0 Å². The zero-order chi connectivity index (χ0) is 39.0. The number of hydrogen-bond acceptors (Lipinski definition) is 8. The number of rotatable bonds is 8. The van der Waals surface area contributed by atoms with E-state index in [-0.39, 0.29) is 39.6 Å². The molecule has 0 unspecified atom stereocenters. The molecule has 11 heteroatoms. The molecule has 0 amide bonds. The Morgan fingerprint density at radius 2 is 0.509 bits per heavy atom. The van der Waals surface area contributed by atoms with Gasteiger partial charge < -0.3 is 31.1 Å². The van der Waals surface area contributed by atoms with Gasteiger partial charge in [-0.05, 0) is 75.4 Å². The maximum absolute atomic E-state index is 9.63. The average molecular weight is 814 g/mol. The summed E-state index contributed by atoms with van der Waals surface area (Å²) in [5.74, 6) is 0. The van der Waals surface area contributed by atoms with Crippen molar-refractivity contribution in [2.45, 2.75) is 27.7 Å². The smallest absolute Gasteiger partial charge is 0.792 e. The summed E-state index contributed by atoms with van der Waals surface area (Å²) in [5.41, 5.74) is 0.903. The average Bonchev–Trinajstić information content (AvgIpc) is 3.25. The summed E-state index contributed by atoms with van der Waals surface area (Å²) in [6.07, 6.45) is 0. The largest absolute Gasteiger partial charge is 2.00 e. The van der Waals surface area contributed by atoms with Crippen LogP contribution in [0.5, 0.6) is 0 Å². The van der Waals surface area contributed by atoms with E-state index in [9.17, 15) is 10.4 Å². The van der Waals surface area contributed by atoms with E-state index in [1.165, 1.54) is 59.5 Å². The van der Waals surface area contributed by atoms with Crippen LogP contribution in [0.2, 0.25) is 0 Å². The third-order valence-corrected chi connectivity index (χ3v) is 12.6. The molecule has 1 radical (unpaired) electrons. The van der Waals surface area contributed by atoms with Crippen LogP contribution in [-0.2, 0) is 16.8 Å². The molecule has 2 N–H and O–H groups in total. The molecule has 55 heavy (non-hydrogen) atoms. The molecule has 0 aliphatic carbocycles. The number of nitrogens with zero attached hydrogens (tertiary/aromatic N) is 4. The van der Waals surface area contributed by atoms with Gasteiger partial charge in [-0.2, -0.15) is 0 Å². The van der Waals surface area contributed by atoms with Gasteiger partial charge in [-0.3, -0.25) is 0 Å². The van der Waals surface area contributed by atoms with Gasteiger partial charge in [0, 0.05) is 0 Å². The van der Waals surface area contributed by atoms with Gasteiger partial charge >= 0.3 is 16.8 Å². The molecule has 8 nitrogen and oxygen atoms in total. The van der Waals surface area contributed by atoms with Crippen LogP contribution < -0.4 is 31.8 Å². The minimum Gasteiger partial charge on any atom is -0.792 e. The summed E-state index contributed by atoms with van der Waals surface area (Å²) in [6.45, 7) is 5.94. The topological polar surface area (TPSA) is 136 Å². The Morgan fingerprint density at radius 3 is 0.618 bits per heavy atom. The molecule has 6 rings (SSSR count). The predicted molar refractivity (Wildman–Crippen MR) is 233 cm³/mol. The fourth-order valence-electron chi connectivity index (χ4n) is 4.63. The van der Waals surface area contributed by atoms with E-state index in [4.69, 9.17) is 10.4 Å². The van der Waals surface area contributed by atoms with E-state index in [1.807, 2.05) is 0 Å². The first-order valence-electron chi connectivity index (χ1n) is 17.0. The van der Waals surface area contributed by atoms with Gasteiger partial charge in [0.05, 0.1) is 22.8 Å². The molecule has 0 bridgehead atoms. The summed E-state index contributed by atoms with van der Waals surface area (Å²) >= 11 is 0. The van der Waals surface area contributed by atoms with Gasteiger partial charge in [-0.25, -0.2) is 0 Å². The van der Waals surface area contributed by atoms with E-state index in [2.05, 4.69) is 203 Å². The first-order valence-corrected chi connectivity index (χ1v) is 19.6. The number of benzene rings is 6. The normalized spacial score (nSPS) is 11.5. The van der Waals surface area contributed by atoms with E-state index >= 15 is 0 Å². The second kappa shape index (κ2) is 26.4. The van der Waals surface area contributed by atoms with Gasteiger partial charge in [-0.1, -0.05) is 192 Å². The Labute approximate surface area is 337 Å². The van der Waals surface area contributed by atoms with Gasteiger partial charge in [-0.15, -0.1) is 0 Å². The fourth-order valence-corrected chi connectivity index (χ4v) is 9.24. The minimum absolute atomic E-state index is 0. The van der Waals surface area contributed by atoms with Crippen molar-refractivity contribution in [1.29, 1.82) is 0 Å². The Hall–Kier alpha value is -5.43. The molecular formula is C44H44CoN4O4P2. The molecule has 0 saturated carbocycles. The van der Waals surface area contributed by atoms with Crippen LogP contribution in [0.1, 0.15) is 27.7 Å². The van der Waals surface area contributed by atoms with E-state index in [0.717, 1.165) is 0 Å². The Kier molecular flexibility index (Phi) is 21.9. The molecule has 0 heterocycles. The van der Waals surface area contributed by atoms with Gasteiger partial charge in [0.15, 0.2) is 0 Å². The van der Waals surface area contributed by atoms with Crippen molar-refractivity contribution in [2.75, 3.05) is 0 Å². The standard InChI is InChI=1S/2C18H15P.2C4H8N2O2.Co/c2*1-4-10-16(11-5-1)19(17-12-6-2-7-13-17)18-14-8-3-9-15-18;2*1-3(5-7)4(2)6-8;/h2*1-15H;2*7-8H,1-2H3;/q;;;;+2/p-2/b;;2*5-3+,6-4+;. The van der Waals surface area contributed by atoms with Crippen LogP contribution in [0.15, 0.2) is 203 Å². The molecule has 0 atom stereocenters. The zero-order valence-electron chi connectivity index (χ0n) is 31.0. The second-order valence-electron chi connectivity index (χ2n) is 11.4. The maximum atomic E-state index is 9.63. The summed E-state index contributed by atoms with van der Waals surface area (Å²) in [6, 6.07) is 64.7. The molecule has 0 saturated heterocycles. The van der Waals surface area contributed by atoms with Crippen molar-refractivity contribution in [3.63, 3.8) is 0 Å². The van der Waals surface area contributed by atoms with Gasteiger partial charge in [0.25, 0.3) is 0 Å². The summed E-state index contributed by atoms with van der Waals surface area (Å²) in [5, 5.41) is 54.2. The van der Waals surface area contributed by atoms with Crippen LogP contribution in [-0.4, -0.2) is 33.3 Å². The summed E-state index contributed by atoms with van der Waals surface area (Å²) in [4.78, 5) is 0. The maximum Gasteiger partial charge on any atom is 2.00 e. The van der Waals surface area contributed by atoms with E-state index in [0.29, 0.717) is 0 Å². The zero-order valence-corrected chi connectivity index (χ0v) is 33.9. The first kappa shape index (κ1) is 45.7. The molecule has 0 aromatic heterocycles. The first-order chi connectivity index (χ1) is 26.3. The molecule has 0 aliphatic rings. The minimum atomic E-state index is -0.446. The van der Waals surface area contributed by atoms with Crippen LogP contribution in [0.4, 0.5) is 0 Å². The van der Waals surface area contributed by atoms with Crippen molar-refractivity contribution in [3.8, 4) is 0 Å². The molecule has 6 aromatic carbocycles. The molecule has 0 spiro atoms. The molecule has 0 aliphatic heterocycles. The van der Waals surface area contributed by atoms with Crippen molar-refractivity contribution >= 4 is 70.5 Å². The second-order valence-corrected chi connectivity index (χ2v) is 15.8. The van der Waals surface area contributed by atoms with Crippen molar-refractivity contribution < 1.29 is 27.2 Å². The molecule has 0 fully saturated rings. The Balaban J connectivity index is 0.000000273. The summed E-state index contributed by atoms with van der Waals surface area (Å²) in [7, 11) is -0.892. The Morgan fingerprint density at radius 1 is 0.345 bits per heavy atom. The molecule has 6 aromatic rings. The van der Waals surface area contributed by atoms with Crippen LogP contribution in [0.25, 0.3) is 0 Å². The van der Waals surface area contributed by atoms with E-state index in [1.54, 1.807) is 0 Å². The van der Waals surface area contributed by atoms with Crippen LogP contribution in [0.3, 0.4) is 0 Å². The number of hydrogen-bond donors (Lipinski definition) is 2. The Bertz CT molecular complexity index is 1670. The van der Waals surface area contributed by atoms with Crippen molar-refractivity contribution in [1.82, 2.24) is 0 Å². The van der Waals surface area contributed by atoms with Crippen molar-refractivity contribution in [2.24, 2.45) is 20.6 Å². The van der Waals surface area contributed by atoms with E-state index < -0.39 is 15.8 Å². The fraction of sp³-hybridized carbons (Fsp3) is 0.0909. The third kappa shape index (κ3) is 15.4. The third-order valence-electron chi connectivity index (χ3n) is 7.71. The summed E-state index contributed by atoms with van der Waals surface area (Å²) < 4.78 is 0. The predicted octanol–water partition coefficient (Wildman–Crippen LogP) is 8.48. The molecular weight excluding hydrogens is 769 g/mol. The SMILES string of the molecule is CC(=N\[O-])/C(C)=N/O.CC(=N\[O-])/C(C)=N/O.[Co+2].c1ccc(P(c2ccccc2)c2ccccc2)cc1.c1ccc(P(c2ccccc2)c2ccccc2)cc1. The van der Waals surface area contributed by atoms with Crippen LogP contribution >= 0.6 is 15.8 Å². The molecule has 283 valence electrons. The van der Waals surface area contributed by atoms with Crippen molar-refractivity contribution in [3.05, 3.63) is 192 Å². The van der Waals surface area contributed by atoms with Gasteiger partial charge in [0.1, 0.15) is 0 Å².